The summed E-state index contributed by atoms with van der Waals surface area (Å²) in [5, 5.41) is 12.0. The number of rotatable bonds is 7. The number of carbonyl (C=O) groups is 2. The van der Waals surface area contributed by atoms with E-state index in [0.29, 0.717) is 40.1 Å². The van der Waals surface area contributed by atoms with Crippen LogP contribution in [0.25, 0.3) is 5.76 Å². The topological polar surface area (TPSA) is 85.3 Å². The second-order valence-electron chi connectivity index (χ2n) is 7.84. The van der Waals surface area contributed by atoms with Crippen LogP contribution in [0.15, 0.2) is 66.2 Å². The van der Waals surface area contributed by atoms with E-state index in [0.717, 1.165) is 0 Å². The highest BCUT2D eigenvalue weighted by atomic mass is 35.5. The van der Waals surface area contributed by atoms with Crippen LogP contribution in [0.3, 0.4) is 0 Å². The highest BCUT2D eigenvalue weighted by Crippen LogP contribution is 2.44. The van der Waals surface area contributed by atoms with Gasteiger partial charge in [-0.3, -0.25) is 14.5 Å². The van der Waals surface area contributed by atoms with E-state index in [1.54, 1.807) is 54.6 Å². The molecule has 0 spiro atoms. The molecule has 3 aromatic carbocycles. The summed E-state index contributed by atoms with van der Waals surface area (Å²) in [6, 6.07) is 15.3. The lowest BCUT2D eigenvalue weighted by atomic mass is 9.94. The fourth-order valence-corrected chi connectivity index (χ4v) is 4.50. The van der Waals surface area contributed by atoms with Gasteiger partial charge < -0.3 is 19.3 Å². The van der Waals surface area contributed by atoms with Gasteiger partial charge in [-0.15, -0.1) is 0 Å². The molecule has 36 heavy (non-hydrogen) atoms. The first-order chi connectivity index (χ1) is 17.3. The van der Waals surface area contributed by atoms with Gasteiger partial charge in [0.05, 0.1) is 37.5 Å². The molecule has 0 radical (unpaired) electrons. The molecule has 0 bridgehead atoms. The number of methoxy groups -OCH3 is 2. The minimum Gasteiger partial charge on any atom is -0.507 e. The Kier molecular flexibility index (Phi) is 7.43. The van der Waals surface area contributed by atoms with E-state index in [-0.39, 0.29) is 21.9 Å². The van der Waals surface area contributed by atoms with E-state index in [4.69, 9.17) is 37.4 Å². The highest BCUT2D eigenvalue weighted by Gasteiger charge is 2.47. The summed E-state index contributed by atoms with van der Waals surface area (Å²) in [4.78, 5) is 28.0. The van der Waals surface area contributed by atoms with Crippen molar-refractivity contribution in [2.24, 2.45) is 0 Å². The molecule has 1 N–H and O–H groups in total. The summed E-state index contributed by atoms with van der Waals surface area (Å²) in [5.41, 5.74) is 1.14. The molecule has 7 nitrogen and oxygen atoms in total. The van der Waals surface area contributed by atoms with Crippen molar-refractivity contribution in [3.63, 3.8) is 0 Å². The van der Waals surface area contributed by atoms with Crippen molar-refractivity contribution >= 4 is 46.3 Å². The van der Waals surface area contributed by atoms with Crippen molar-refractivity contribution in [3.05, 3.63) is 87.4 Å². The number of carbonyl (C=O) groups excluding carboxylic acids is 2. The third kappa shape index (κ3) is 4.59. The zero-order valence-electron chi connectivity index (χ0n) is 19.7. The molecule has 186 valence electrons. The van der Waals surface area contributed by atoms with Crippen LogP contribution in [0.5, 0.6) is 17.2 Å². The van der Waals surface area contributed by atoms with Crippen LogP contribution in [-0.2, 0) is 9.59 Å². The molecule has 3 aromatic rings. The van der Waals surface area contributed by atoms with Gasteiger partial charge in [0, 0.05) is 16.3 Å². The minimum absolute atomic E-state index is 0.0937. The Morgan fingerprint density at radius 2 is 1.58 bits per heavy atom. The van der Waals surface area contributed by atoms with Gasteiger partial charge in [-0.25, -0.2) is 0 Å². The maximum absolute atomic E-state index is 13.3. The number of ketones is 1. The lowest BCUT2D eigenvalue weighted by molar-refractivity contribution is -0.132. The number of hydrogen-bond donors (Lipinski definition) is 1. The first-order valence-electron chi connectivity index (χ1n) is 11.0. The van der Waals surface area contributed by atoms with Crippen molar-refractivity contribution in [1.82, 2.24) is 0 Å². The first-order valence-corrected chi connectivity index (χ1v) is 11.8. The number of aliphatic hydroxyl groups is 1. The number of benzene rings is 3. The summed E-state index contributed by atoms with van der Waals surface area (Å²) < 4.78 is 16.3. The van der Waals surface area contributed by atoms with Crippen LogP contribution in [0, 0.1) is 0 Å². The van der Waals surface area contributed by atoms with E-state index in [1.807, 2.05) is 6.92 Å². The van der Waals surface area contributed by atoms with Gasteiger partial charge in [0.25, 0.3) is 11.7 Å². The lowest BCUT2D eigenvalue weighted by Gasteiger charge is -2.26. The Morgan fingerprint density at radius 1 is 0.917 bits per heavy atom. The number of ether oxygens (including phenoxy) is 3. The predicted octanol–water partition coefficient (Wildman–Crippen LogP) is 6.04. The number of amides is 1. The number of aliphatic hydroxyl groups excluding tert-OH is 1. The van der Waals surface area contributed by atoms with Crippen LogP contribution in [0.4, 0.5) is 5.69 Å². The van der Waals surface area contributed by atoms with Gasteiger partial charge >= 0.3 is 0 Å². The van der Waals surface area contributed by atoms with Gasteiger partial charge in [-0.1, -0.05) is 29.3 Å². The Morgan fingerprint density at radius 3 is 2.19 bits per heavy atom. The summed E-state index contributed by atoms with van der Waals surface area (Å²) >= 11 is 12.3. The lowest BCUT2D eigenvalue weighted by Crippen LogP contribution is -2.29. The molecule has 1 amide bonds. The molecule has 1 saturated heterocycles. The molecule has 1 fully saturated rings. The number of hydrogen-bond acceptors (Lipinski definition) is 6. The zero-order chi connectivity index (χ0) is 26.0. The van der Waals surface area contributed by atoms with E-state index in [2.05, 4.69) is 0 Å². The Bertz CT molecular complexity index is 1350. The average molecular weight is 528 g/mol. The third-order valence-corrected chi connectivity index (χ3v) is 6.33. The largest absolute Gasteiger partial charge is 0.507 e. The molecule has 1 unspecified atom stereocenters. The Hall–Kier alpha value is -3.68. The monoisotopic (exact) mass is 527 g/mol. The normalized spacial score (nSPS) is 16.8. The SMILES string of the molecule is CCOc1cc(C2/C(=C(/O)c3ccc(OC)c(Cl)c3)C(=O)C(=O)N2c2ccc(Cl)cc2)ccc1OC. The Balaban J connectivity index is 1.95. The van der Waals surface area contributed by atoms with Gasteiger partial charge in [0.2, 0.25) is 0 Å². The van der Waals surface area contributed by atoms with Gasteiger partial charge in [-0.2, -0.15) is 0 Å². The molecule has 0 aliphatic carbocycles. The average Bonchev–Trinajstić information content (AvgIpc) is 3.14. The second-order valence-corrected chi connectivity index (χ2v) is 8.68. The highest BCUT2D eigenvalue weighted by molar-refractivity contribution is 6.51. The van der Waals surface area contributed by atoms with Crippen LogP contribution in [-0.4, -0.2) is 37.6 Å². The number of nitrogens with zero attached hydrogens (tertiary/aromatic N) is 1. The van der Waals surface area contributed by atoms with Crippen molar-refractivity contribution in [2.45, 2.75) is 13.0 Å². The standard InChI is InChI=1S/C27H23Cl2NO6/c1-4-36-22-14-15(5-12-21(22)35-3)24-23(25(31)16-6-11-20(34-2)19(29)13-16)26(32)27(33)30(24)18-9-7-17(28)8-10-18/h5-14,24,31H,4H2,1-3H3/b25-23-. The molecule has 1 aliphatic rings. The quantitative estimate of drug-likeness (QED) is 0.229. The van der Waals surface area contributed by atoms with E-state index in [9.17, 15) is 14.7 Å². The summed E-state index contributed by atoms with van der Waals surface area (Å²) in [6.07, 6.45) is 0. The van der Waals surface area contributed by atoms with Crippen LogP contribution in [0.2, 0.25) is 10.0 Å². The predicted molar refractivity (Wildman–Crippen MR) is 138 cm³/mol. The van der Waals surface area contributed by atoms with Crippen molar-refractivity contribution in [1.29, 1.82) is 0 Å². The fraction of sp³-hybridized carbons (Fsp3) is 0.185. The molecule has 1 atom stereocenters. The maximum Gasteiger partial charge on any atom is 0.300 e. The molecular formula is C27H23Cl2NO6. The molecule has 0 aromatic heterocycles. The van der Waals surface area contributed by atoms with Crippen molar-refractivity contribution in [2.75, 3.05) is 25.7 Å². The molecular weight excluding hydrogens is 505 g/mol. The maximum atomic E-state index is 13.3. The molecule has 9 heteroatoms. The third-order valence-electron chi connectivity index (χ3n) is 5.78. The molecule has 0 saturated carbocycles. The Labute approximate surface area is 218 Å². The molecule has 1 aliphatic heterocycles. The summed E-state index contributed by atoms with van der Waals surface area (Å²) in [6.45, 7) is 2.21. The smallest absolute Gasteiger partial charge is 0.300 e. The van der Waals surface area contributed by atoms with E-state index >= 15 is 0 Å². The number of Topliss-reactive ketones (excluding diaryl/α,β-unsaturated/α-hetero) is 1. The molecule has 1 heterocycles. The van der Waals surface area contributed by atoms with Crippen LogP contribution in [0.1, 0.15) is 24.1 Å². The second kappa shape index (κ2) is 10.5. The van der Waals surface area contributed by atoms with Crippen molar-refractivity contribution < 1.29 is 28.9 Å². The van der Waals surface area contributed by atoms with E-state index in [1.165, 1.54) is 25.2 Å². The summed E-state index contributed by atoms with van der Waals surface area (Å²) in [7, 11) is 2.99. The zero-order valence-corrected chi connectivity index (χ0v) is 21.3. The molecule has 4 rings (SSSR count). The fourth-order valence-electron chi connectivity index (χ4n) is 4.12. The number of anilines is 1. The summed E-state index contributed by atoms with van der Waals surface area (Å²) in [5.74, 6) is -0.667. The first kappa shape index (κ1) is 25.4. The minimum atomic E-state index is -0.961. The van der Waals surface area contributed by atoms with Gasteiger partial charge in [0.15, 0.2) is 11.5 Å². The number of halogens is 2. The van der Waals surface area contributed by atoms with Crippen molar-refractivity contribution in [3.8, 4) is 17.2 Å². The van der Waals surface area contributed by atoms with Gasteiger partial charge in [0.1, 0.15) is 11.5 Å². The van der Waals surface area contributed by atoms with Crippen LogP contribution >= 0.6 is 23.2 Å². The van der Waals surface area contributed by atoms with E-state index < -0.39 is 17.7 Å². The van der Waals surface area contributed by atoms with Gasteiger partial charge in [-0.05, 0) is 67.1 Å². The van der Waals surface area contributed by atoms with Crippen LogP contribution < -0.4 is 19.1 Å².